The first-order valence-electron chi connectivity index (χ1n) is 7.83. The van der Waals surface area contributed by atoms with E-state index in [1.165, 1.54) is 19.3 Å². The van der Waals surface area contributed by atoms with E-state index in [1.54, 1.807) is 6.92 Å². The van der Waals surface area contributed by atoms with Gasteiger partial charge in [0.25, 0.3) is 0 Å². The zero-order valence-corrected chi connectivity index (χ0v) is 13.4. The van der Waals surface area contributed by atoms with Gasteiger partial charge in [0, 0.05) is 12.3 Å². The van der Waals surface area contributed by atoms with Crippen LogP contribution in [0.25, 0.3) is 0 Å². The fourth-order valence-corrected chi connectivity index (χ4v) is 3.98. The minimum Gasteiger partial charge on any atom is -0.343 e. The van der Waals surface area contributed by atoms with Gasteiger partial charge in [-0.1, -0.05) is 26.2 Å². The molecule has 2 aliphatic rings. The molecule has 0 radical (unpaired) electrons. The van der Waals surface area contributed by atoms with Crippen molar-refractivity contribution in [3.8, 4) is 0 Å². The summed E-state index contributed by atoms with van der Waals surface area (Å²) in [5.74, 6) is 2.48. The highest BCUT2D eigenvalue weighted by Gasteiger charge is 2.42. The Labute approximate surface area is 126 Å². The summed E-state index contributed by atoms with van der Waals surface area (Å²) in [6, 6.07) is -0.592. The Kier molecular flexibility index (Phi) is 5.75. The molecule has 2 fully saturated rings. The van der Waals surface area contributed by atoms with Gasteiger partial charge in [-0.15, -0.1) is 0 Å². The van der Waals surface area contributed by atoms with Crippen LogP contribution in [0.15, 0.2) is 0 Å². The molecule has 0 spiro atoms. The molecule has 114 valence electrons. The Morgan fingerprint density at radius 2 is 1.95 bits per heavy atom. The monoisotopic (exact) mass is 298 g/mol. The highest BCUT2D eigenvalue weighted by atomic mass is 32.2. The van der Waals surface area contributed by atoms with Crippen LogP contribution in [0.4, 0.5) is 0 Å². The van der Waals surface area contributed by atoms with Crippen molar-refractivity contribution in [3.63, 3.8) is 0 Å². The Bertz CT molecular complexity index is 356. The Morgan fingerprint density at radius 1 is 1.25 bits per heavy atom. The van der Waals surface area contributed by atoms with Crippen LogP contribution in [0.2, 0.25) is 0 Å². The first-order valence-corrected chi connectivity index (χ1v) is 8.99. The summed E-state index contributed by atoms with van der Waals surface area (Å²) in [6.45, 7) is 4.62. The molecule has 0 aromatic rings. The molecule has 0 aromatic carbocycles. The first-order chi connectivity index (χ1) is 9.65. The highest BCUT2D eigenvalue weighted by molar-refractivity contribution is 7.99. The van der Waals surface area contributed by atoms with Gasteiger partial charge in [-0.25, -0.2) is 0 Å². The van der Waals surface area contributed by atoms with Gasteiger partial charge in [0.1, 0.15) is 12.1 Å². The second-order valence-electron chi connectivity index (χ2n) is 5.80. The van der Waals surface area contributed by atoms with Crippen LogP contribution in [-0.2, 0) is 9.59 Å². The molecule has 1 saturated heterocycles. The van der Waals surface area contributed by atoms with Crippen molar-refractivity contribution in [1.29, 1.82) is 0 Å². The maximum Gasteiger partial charge on any atom is 0.245 e. The number of hydrogen-bond acceptors (Lipinski definition) is 3. The molecule has 0 bridgehead atoms. The maximum atomic E-state index is 12.4. The average molecular weight is 298 g/mol. The predicted molar refractivity (Wildman–Crippen MR) is 82.7 cm³/mol. The lowest BCUT2D eigenvalue weighted by Gasteiger charge is -2.42. The smallest absolute Gasteiger partial charge is 0.245 e. The molecule has 5 heteroatoms. The Morgan fingerprint density at radius 3 is 2.60 bits per heavy atom. The van der Waals surface area contributed by atoms with Crippen LogP contribution >= 0.6 is 11.8 Å². The van der Waals surface area contributed by atoms with Crippen molar-refractivity contribution in [2.45, 2.75) is 58.0 Å². The van der Waals surface area contributed by atoms with E-state index >= 15 is 0 Å². The number of rotatable bonds is 5. The summed E-state index contributed by atoms with van der Waals surface area (Å²) in [7, 11) is 0. The highest BCUT2D eigenvalue weighted by Crippen LogP contribution is 2.31. The molecule has 2 unspecified atom stereocenters. The third-order valence-corrected chi connectivity index (χ3v) is 5.27. The Hall–Kier alpha value is -0.710. The van der Waals surface area contributed by atoms with E-state index in [9.17, 15) is 9.59 Å². The lowest BCUT2D eigenvalue weighted by molar-refractivity contribution is -0.151. The van der Waals surface area contributed by atoms with Crippen molar-refractivity contribution in [3.05, 3.63) is 0 Å². The summed E-state index contributed by atoms with van der Waals surface area (Å²) >= 11 is 1.83. The van der Waals surface area contributed by atoms with E-state index in [1.807, 2.05) is 16.7 Å². The molecule has 1 N–H and O–H groups in total. The van der Waals surface area contributed by atoms with E-state index in [-0.39, 0.29) is 23.9 Å². The van der Waals surface area contributed by atoms with Crippen LogP contribution in [0.5, 0.6) is 0 Å². The number of amides is 2. The van der Waals surface area contributed by atoms with Crippen molar-refractivity contribution in [1.82, 2.24) is 10.2 Å². The van der Waals surface area contributed by atoms with Gasteiger partial charge in [-0.3, -0.25) is 9.59 Å². The van der Waals surface area contributed by atoms with Gasteiger partial charge >= 0.3 is 0 Å². The fourth-order valence-electron chi connectivity index (χ4n) is 3.36. The van der Waals surface area contributed by atoms with Crippen molar-refractivity contribution >= 4 is 23.6 Å². The van der Waals surface area contributed by atoms with E-state index in [0.717, 1.165) is 24.3 Å². The predicted octanol–water partition coefficient (Wildman–Crippen LogP) is 2.04. The van der Waals surface area contributed by atoms with Crippen molar-refractivity contribution < 1.29 is 9.59 Å². The summed E-state index contributed by atoms with van der Waals surface area (Å²) < 4.78 is 0. The molecular weight excluding hydrogens is 272 g/mol. The number of hydrogen-bond donors (Lipinski definition) is 1. The quantitative estimate of drug-likeness (QED) is 0.790. The van der Waals surface area contributed by atoms with E-state index in [2.05, 4.69) is 12.2 Å². The van der Waals surface area contributed by atoms with E-state index in [4.69, 9.17) is 0 Å². The zero-order chi connectivity index (χ0) is 14.5. The SMILES string of the molecule is CCSCCN1C(=O)C(C)NC(=O)C1C1CCCCC1. The van der Waals surface area contributed by atoms with Crippen LogP contribution in [0.3, 0.4) is 0 Å². The van der Waals surface area contributed by atoms with E-state index in [0.29, 0.717) is 12.5 Å². The normalized spacial score (nSPS) is 28.6. The van der Waals surface area contributed by atoms with Gasteiger partial charge < -0.3 is 10.2 Å². The topological polar surface area (TPSA) is 49.4 Å². The zero-order valence-electron chi connectivity index (χ0n) is 12.6. The molecule has 2 atom stereocenters. The largest absolute Gasteiger partial charge is 0.343 e. The molecule has 2 amide bonds. The molecule has 1 heterocycles. The molecule has 1 aliphatic heterocycles. The van der Waals surface area contributed by atoms with Crippen LogP contribution in [-0.4, -0.2) is 46.8 Å². The van der Waals surface area contributed by atoms with Crippen molar-refractivity contribution in [2.24, 2.45) is 5.92 Å². The lowest BCUT2D eigenvalue weighted by atomic mass is 9.81. The van der Waals surface area contributed by atoms with Crippen LogP contribution in [0, 0.1) is 5.92 Å². The number of piperazine rings is 1. The molecule has 20 heavy (non-hydrogen) atoms. The summed E-state index contributed by atoms with van der Waals surface area (Å²) in [6.07, 6.45) is 5.81. The average Bonchev–Trinajstić information content (AvgIpc) is 2.45. The summed E-state index contributed by atoms with van der Waals surface area (Å²) in [5, 5.41) is 2.86. The maximum absolute atomic E-state index is 12.4. The summed E-state index contributed by atoms with van der Waals surface area (Å²) in [5.41, 5.74) is 0. The number of nitrogens with zero attached hydrogens (tertiary/aromatic N) is 1. The number of thioether (sulfide) groups is 1. The standard InChI is InChI=1S/C15H26N2O2S/c1-3-20-10-9-17-13(12-7-5-4-6-8-12)14(18)16-11(2)15(17)19/h11-13H,3-10H2,1-2H3,(H,16,18). The lowest BCUT2D eigenvalue weighted by Crippen LogP contribution is -2.65. The van der Waals surface area contributed by atoms with Crippen molar-refractivity contribution in [2.75, 3.05) is 18.1 Å². The van der Waals surface area contributed by atoms with Gasteiger partial charge in [0.2, 0.25) is 11.8 Å². The number of carbonyl (C=O) groups excluding carboxylic acids is 2. The van der Waals surface area contributed by atoms with E-state index < -0.39 is 0 Å². The van der Waals surface area contributed by atoms with Gasteiger partial charge in [0.05, 0.1) is 0 Å². The minimum atomic E-state index is -0.367. The Balaban J connectivity index is 2.09. The molecule has 2 rings (SSSR count). The molecule has 0 aromatic heterocycles. The fraction of sp³-hybridized carbons (Fsp3) is 0.867. The number of carbonyl (C=O) groups is 2. The molecule has 4 nitrogen and oxygen atoms in total. The van der Waals surface area contributed by atoms with Crippen LogP contribution < -0.4 is 5.32 Å². The van der Waals surface area contributed by atoms with Crippen LogP contribution in [0.1, 0.15) is 46.0 Å². The second kappa shape index (κ2) is 7.34. The minimum absolute atomic E-state index is 0.0606. The molecule has 1 aliphatic carbocycles. The van der Waals surface area contributed by atoms with Gasteiger partial charge in [0.15, 0.2) is 0 Å². The number of nitrogens with one attached hydrogen (secondary N) is 1. The summed E-state index contributed by atoms with van der Waals surface area (Å²) in [4.78, 5) is 26.7. The van der Waals surface area contributed by atoms with Gasteiger partial charge in [-0.2, -0.15) is 11.8 Å². The third kappa shape index (κ3) is 3.48. The molecule has 1 saturated carbocycles. The third-order valence-electron chi connectivity index (χ3n) is 4.39. The van der Waals surface area contributed by atoms with Gasteiger partial charge in [-0.05, 0) is 31.4 Å². The first kappa shape index (κ1) is 15.7. The second-order valence-corrected chi connectivity index (χ2v) is 7.20. The molecular formula is C15H26N2O2S.